The van der Waals surface area contributed by atoms with Gasteiger partial charge in [0.15, 0.2) is 17.3 Å². The summed E-state index contributed by atoms with van der Waals surface area (Å²) in [6, 6.07) is 9.67. The van der Waals surface area contributed by atoms with E-state index < -0.39 is 0 Å². The van der Waals surface area contributed by atoms with Crippen molar-refractivity contribution >= 4 is 5.82 Å². The molecule has 2 aromatic heterocycles. The first-order valence-electron chi connectivity index (χ1n) is 6.00. The van der Waals surface area contributed by atoms with Crippen LogP contribution in [0.2, 0.25) is 0 Å². The van der Waals surface area contributed by atoms with Gasteiger partial charge in [0.05, 0.1) is 12.0 Å². The third-order valence-corrected chi connectivity index (χ3v) is 3.11. The van der Waals surface area contributed by atoms with Crippen LogP contribution in [0.5, 0.6) is 0 Å². The summed E-state index contributed by atoms with van der Waals surface area (Å²) in [6.45, 7) is 4.05. The van der Waals surface area contributed by atoms with Gasteiger partial charge in [-0.15, -0.1) is 5.10 Å². The maximum absolute atomic E-state index is 6.14. The first-order chi connectivity index (χ1) is 9.18. The number of furan rings is 1. The van der Waals surface area contributed by atoms with Gasteiger partial charge in [-0.2, -0.15) is 4.68 Å². The van der Waals surface area contributed by atoms with Crippen molar-refractivity contribution in [3.8, 4) is 17.1 Å². The quantitative estimate of drug-likeness (QED) is 0.763. The topological polar surface area (TPSA) is 69.9 Å². The average Bonchev–Trinajstić information content (AvgIpc) is 3.00. The van der Waals surface area contributed by atoms with Crippen LogP contribution in [0, 0.1) is 13.8 Å². The third kappa shape index (κ3) is 1.79. The van der Waals surface area contributed by atoms with Crippen LogP contribution in [0.25, 0.3) is 17.1 Å². The molecule has 19 heavy (non-hydrogen) atoms. The van der Waals surface area contributed by atoms with Crippen molar-refractivity contribution in [1.29, 1.82) is 0 Å². The summed E-state index contributed by atoms with van der Waals surface area (Å²) in [4.78, 5) is 0. The van der Waals surface area contributed by atoms with Crippen molar-refractivity contribution in [2.24, 2.45) is 0 Å². The van der Waals surface area contributed by atoms with E-state index >= 15 is 0 Å². The Morgan fingerprint density at radius 3 is 2.47 bits per heavy atom. The summed E-state index contributed by atoms with van der Waals surface area (Å²) in [5.41, 5.74) is 9.87. The van der Waals surface area contributed by atoms with Gasteiger partial charge in [-0.3, -0.25) is 0 Å². The van der Waals surface area contributed by atoms with Crippen molar-refractivity contribution in [1.82, 2.24) is 15.0 Å². The van der Waals surface area contributed by atoms with Crippen LogP contribution in [0.1, 0.15) is 11.1 Å². The van der Waals surface area contributed by atoms with Gasteiger partial charge in [0.25, 0.3) is 0 Å². The van der Waals surface area contributed by atoms with E-state index in [1.54, 1.807) is 17.0 Å². The Morgan fingerprint density at radius 2 is 1.84 bits per heavy atom. The lowest BCUT2D eigenvalue weighted by Crippen LogP contribution is -2.06. The predicted molar refractivity (Wildman–Crippen MR) is 72.9 cm³/mol. The number of anilines is 1. The lowest BCUT2D eigenvalue weighted by atomic mass is 10.1. The Hall–Kier alpha value is -2.56. The Labute approximate surface area is 110 Å². The molecule has 0 unspecified atom stereocenters. The molecule has 2 N–H and O–H groups in total. The fourth-order valence-electron chi connectivity index (χ4n) is 2.18. The van der Waals surface area contributed by atoms with E-state index in [1.807, 2.05) is 38.1 Å². The van der Waals surface area contributed by atoms with Crippen LogP contribution >= 0.6 is 0 Å². The number of nitrogen functional groups attached to an aromatic ring is 1. The number of aromatic nitrogens is 3. The Bertz CT molecular complexity index is 693. The maximum atomic E-state index is 6.14. The van der Waals surface area contributed by atoms with Crippen molar-refractivity contribution in [3.05, 3.63) is 47.7 Å². The maximum Gasteiger partial charge on any atom is 0.172 e. The fourth-order valence-corrected chi connectivity index (χ4v) is 2.18. The molecule has 3 rings (SSSR count). The summed E-state index contributed by atoms with van der Waals surface area (Å²) in [5.74, 6) is 1.10. The van der Waals surface area contributed by atoms with Crippen molar-refractivity contribution in [2.75, 3.05) is 5.73 Å². The van der Waals surface area contributed by atoms with Gasteiger partial charge in [0.2, 0.25) is 0 Å². The first kappa shape index (κ1) is 11.5. The van der Waals surface area contributed by atoms with Gasteiger partial charge in [-0.25, -0.2) is 0 Å². The Morgan fingerprint density at radius 1 is 1.11 bits per heavy atom. The molecule has 0 aliphatic carbocycles. The van der Waals surface area contributed by atoms with Crippen molar-refractivity contribution in [3.63, 3.8) is 0 Å². The second kappa shape index (κ2) is 4.28. The standard InChI is InChI=1S/C14H14N4O/c1-9-5-3-6-10(2)13(9)18-14(15)12(16-17-18)11-7-4-8-19-11/h3-8H,15H2,1-2H3. The molecule has 0 saturated heterocycles. The molecule has 0 atom stereocenters. The zero-order valence-electron chi connectivity index (χ0n) is 10.8. The number of aryl methyl sites for hydroxylation is 2. The minimum Gasteiger partial charge on any atom is -0.463 e. The normalized spacial score (nSPS) is 10.8. The highest BCUT2D eigenvalue weighted by Crippen LogP contribution is 2.27. The fraction of sp³-hybridized carbons (Fsp3) is 0.143. The molecule has 0 aliphatic heterocycles. The molecule has 5 heteroatoms. The smallest absolute Gasteiger partial charge is 0.172 e. The average molecular weight is 254 g/mol. The molecular weight excluding hydrogens is 240 g/mol. The summed E-state index contributed by atoms with van der Waals surface area (Å²) in [6.07, 6.45) is 1.59. The van der Waals surface area contributed by atoms with E-state index in [2.05, 4.69) is 10.3 Å². The number of rotatable bonds is 2. The van der Waals surface area contributed by atoms with Gasteiger partial charge in [0.1, 0.15) is 0 Å². The largest absolute Gasteiger partial charge is 0.463 e. The summed E-state index contributed by atoms with van der Waals surface area (Å²) >= 11 is 0. The minimum atomic E-state index is 0.479. The van der Waals surface area contributed by atoms with Gasteiger partial charge in [-0.05, 0) is 37.1 Å². The molecule has 0 amide bonds. The molecule has 0 aliphatic rings. The first-order valence-corrected chi connectivity index (χ1v) is 6.00. The number of nitrogens with two attached hydrogens (primary N) is 1. The lowest BCUT2D eigenvalue weighted by Gasteiger charge is -2.10. The summed E-state index contributed by atoms with van der Waals surface area (Å²) in [7, 11) is 0. The van der Waals surface area contributed by atoms with Crippen LogP contribution in [0.3, 0.4) is 0 Å². The summed E-state index contributed by atoms with van der Waals surface area (Å²) in [5, 5.41) is 8.26. The molecule has 0 fully saturated rings. The minimum absolute atomic E-state index is 0.479. The zero-order chi connectivity index (χ0) is 13.4. The number of para-hydroxylation sites is 1. The van der Waals surface area contributed by atoms with Gasteiger partial charge < -0.3 is 10.2 Å². The Kier molecular flexibility index (Phi) is 2.59. The van der Waals surface area contributed by atoms with Crippen molar-refractivity contribution < 1.29 is 4.42 Å². The number of hydrogen-bond acceptors (Lipinski definition) is 4. The van der Waals surface area contributed by atoms with Gasteiger partial charge in [0, 0.05) is 0 Å². The molecule has 2 heterocycles. The molecule has 1 aromatic carbocycles. The monoisotopic (exact) mass is 254 g/mol. The van der Waals surface area contributed by atoms with E-state index in [-0.39, 0.29) is 0 Å². The van der Waals surface area contributed by atoms with Crippen LogP contribution in [-0.2, 0) is 0 Å². The lowest BCUT2D eigenvalue weighted by molar-refractivity contribution is 0.580. The molecule has 0 saturated carbocycles. The summed E-state index contributed by atoms with van der Waals surface area (Å²) < 4.78 is 6.97. The Balaban J connectivity index is 2.18. The predicted octanol–water partition coefficient (Wildman–Crippen LogP) is 2.73. The number of hydrogen-bond donors (Lipinski definition) is 1. The molecule has 0 radical (unpaired) electrons. The highest BCUT2D eigenvalue weighted by atomic mass is 16.3. The second-order valence-electron chi connectivity index (χ2n) is 4.45. The van der Waals surface area contributed by atoms with Gasteiger partial charge in [-0.1, -0.05) is 23.4 Å². The van der Waals surface area contributed by atoms with Crippen LogP contribution in [0.4, 0.5) is 5.82 Å². The third-order valence-electron chi connectivity index (χ3n) is 3.11. The van der Waals surface area contributed by atoms with E-state index in [9.17, 15) is 0 Å². The van der Waals surface area contributed by atoms with E-state index in [0.717, 1.165) is 16.8 Å². The highest BCUT2D eigenvalue weighted by molar-refractivity contribution is 5.67. The molecule has 5 nitrogen and oxygen atoms in total. The molecular formula is C14H14N4O. The zero-order valence-corrected chi connectivity index (χ0v) is 10.8. The van der Waals surface area contributed by atoms with E-state index in [1.165, 1.54) is 0 Å². The molecule has 96 valence electrons. The van der Waals surface area contributed by atoms with Gasteiger partial charge >= 0.3 is 0 Å². The van der Waals surface area contributed by atoms with Crippen LogP contribution in [-0.4, -0.2) is 15.0 Å². The number of benzene rings is 1. The molecule has 0 spiro atoms. The SMILES string of the molecule is Cc1cccc(C)c1-n1nnc(-c2ccco2)c1N. The second-order valence-corrected chi connectivity index (χ2v) is 4.45. The van der Waals surface area contributed by atoms with Crippen molar-refractivity contribution in [2.45, 2.75) is 13.8 Å². The van der Waals surface area contributed by atoms with E-state index in [0.29, 0.717) is 17.3 Å². The molecule has 3 aromatic rings. The van der Waals surface area contributed by atoms with Crippen LogP contribution in [0.15, 0.2) is 41.0 Å². The number of nitrogens with zero attached hydrogens (tertiary/aromatic N) is 3. The van der Waals surface area contributed by atoms with E-state index in [4.69, 9.17) is 10.2 Å². The molecule has 0 bridgehead atoms. The highest BCUT2D eigenvalue weighted by Gasteiger charge is 2.17. The van der Waals surface area contributed by atoms with Crippen LogP contribution < -0.4 is 5.73 Å².